The topological polar surface area (TPSA) is 58.9 Å². The first-order valence-electron chi connectivity index (χ1n) is 8.19. The smallest absolute Gasteiger partial charge is 0.366 e. The Morgan fingerprint density at radius 2 is 2.08 bits per heavy atom. The highest BCUT2D eigenvalue weighted by Crippen LogP contribution is 2.28. The van der Waals surface area contributed by atoms with Crippen LogP contribution in [0.1, 0.15) is 29.9 Å². The van der Waals surface area contributed by atoms with Crippen LogP contribution in [0.4, 0.5) is 19.0 Å². The van der Waals surface area contributed by atoms with Gasteiger partial charge in [-0.05, 0) is 32.4 Å². The van der Waals surface area contributed by atoms with Crippen molar-refractivity contribution in [3.8, 4) is 0 Å². The number of nitrogens with zero attached hydrogens (tertiary/aromatic N) is 5. The molecule has 0 bridgehead atoms. The summed E-state index contributed by atoms with van der Waals surface area (Å²) in [5, 5.41) is 7.57. The Bertz CT molecular complexity index is 707. The zero-order valence-electron chi connectivity index (χ0n) is 14.2. The summed E-state index contributed by atoms with van der Waals surface area (Å²) >= 11 is 0. The first kappa shape index (κ1) is 17.7. The van der Waals surface area contributed by atoms with Crippen molar-refractivity contribution in [2.24, 2.45) is 7.05 Å². The van der Waals surface area contributed by atoms with Crippen molar-refractivity contribution in [3.63, 3.8) is 0 Å². The molecule has 1 N–H and O–H groups in total. The fourth-order valence-electron chi connectivity index (χ4n) is 3.06. The molecule has 1 fully saturated rings. The molecule has 0 aliphatic carbocycles. The minimum Gasteiger partial charge on any atom is -0.366 e. The molecule has 1 aliphatic heterocycles. The van der Waals surface area contributed by atoms with Gasteiger partial charge in [-0.1, -0.05) is 0 Å². The van der Waals surface area contributed by atoms with Crippen LogP contribution in [-0.4, -0.2) is 43.8 Å². The van der Waals surface area contributed by atoms with E-state index in [0.29, 0.717) is 0 Å². The highest BCUT2D eigenvalue weighted by Gasteiger charge is 2.33. The molecule has 0 amide bonds. The van der Waals surface area contributed by atoms with E-state index in [1.54, 1.807) is 0 Å². The normalized spacial score (nSPS) is 19.2. The van der Waals surface area contributed by atoms with Gasteiger partial charge < -0.3 is 5.32 Å². The van der Waals surface area contributed by atoms with Crippen LogP contribution in [0.2, 0.25) is 0 Å². The van der Waals surface area contributed by atoms with Gasteiger partial charge >= 0.3 is 6.18 Å². The molecule has 3 heterocycles. The molecular weight excluding hydrogens is 333 g/mol. The van der Waals surface area contributed by atoms with E-state index in [0.717, 1.165) is 56.3 Å². The van der Waals surface area contributed by atoms with Gasteiger partial charge in [-0.25, -0.2) is 9.97 Å². The highest BCUT2D eigenvalue weighted by molar-refractivity contribution is 5.37. The Balaban J connectivity index is 1.62. The van der Waals surface area contributed by atoms with E-state index in [4.69, 9.17) is 0 Å². The van der Waals surface area contributed by atoms with E-state index in [2.05, 4.69) is 31.3 Å². The maximum atomic E-state index is 12.8. The first-order valence-corrected chi connectivity index (χ1v) is 8.19. The quantitative estimate of drug-likeness (QED) is 0.915. The molecule has 0 radical (unpaired) electrons. The molecular formula is C16H21F3N6. The third-order valence-electron chi connectivity index (χ3n) is 4.37. The predicted molar refractivity (Wildman–Crippen MR) is 86.9 cm³/mol. The van der Waals surface area contributed by atoms with Crippen molar-refractivity contribution in [3.05, 3.63) is 35.5 Å². The summed E-state index contributed by atoms with van der Waals surface area (Å²) in [5.74, 6) is 0.211. The minimum absolute atomic E-state index is 0.0505. The maximum Gasteiger partial charge on any atom is 0.433 e. The summed E-state index contributed by atoms with van der Waals surface area (Å²) in [6.07, 6.45) is -1.65. The van der Waals surface area contributed by atoms with Crippen molar-refractivity contribution in [1.29, 1.82) is 0 Å². The van der Waals surface area contributed by atoms with Gasteiger partial charge in [0.25, 0.3) is 0 Å². The van der Waals surface area contributed by atoms with Crippen molar-refractivity contribution in [2.75, 3.05) is 18.4 Å². The third kappa shape index (κ3) is 4.47. The Kier molecular flexibility index (Phi) is 4.94. The number of hydrogen-bond donors (Lipinski definition) is 1. The SMILES string of the molecule is Cc1cc(CN2CCCC(Nc3cc(C(F)(F)F)ncn3)C2)nn1C. The molecule has 1 unspecified atom stereocenters. The van der Waals surface area contributed by atoms with Crippen molar-refractivity contribution in [1.82, 2.24) is 24.6 Å². The molecule has 1 aliphatic rings. The second-order valence-corrected chi connectivity index (χ2v) is 6.41. The van der Waals surface area contributed by atoms with Crippen LogP contribution in [0, 0.1) is 6.92 Å². The number of anilines is 1. The number of halogens is 3. The summed E-state index contributed by atoms with van der Waals surface area (Å²) in [5.41, 5.74) is 1.17. The molecule has 0 spiro atoms. The number of aromatic nitrogens is 4. The summed E-state index contributed by atoms with van der Waals surface area (Å²) in [7, 11) is 1.91. The van der Waals surface area contributed by atoms with Crippen LogP contribution >= 0.6 is 0 Å². The fraction of sp³-hybridized carbons (Fsp3) is 0.562. The van der Waals surface area contributed by atoms with Crippen LogP contribution < -0.4 is 5.32 Å². The molecule has 2 aromatic heterocycles. The standard InChI is InChI=1S/C16H21F3N6/c1-11-6-13(23-24(11)2)9-25-5-3-4-12(8-25)22-15-7-14(16(17,18)19)20-10-21-15/h6-7,10,12H,3-5,8-9H2,1-2H3,(H,20,21,22). The van der Waals surface area contributed by atoms with Crippen LogP contribution in [0.5, 0.6) is 0 Å². The Morgan fingerprint density at radius 3 is 2.76 bits per heavy atom. The van der Waals surface area contributed by atoms with E-state index in [1.807, 2.05) is 18.7 Å². The maximum absolute atomic E-state index is 12.8. The summed E-state index contributed by atoms with van der Waals surface area (Å²) in [6.45, 7) is 4.42. The molecule has 1 saturated heterocycles. The van der Waals surface area contributed by atoms with Gasteiger partial charge in [-0.3, -0.25) is 9.58 Å². The fourth-order valence-corrected chi connectivity index (χ4v) is 3.06. The minimum atomic E-state index is -4.46. The van der Waals surface area contributed by atoms with Gasteiger partial charge in [0.2, 0.25) is 0 Å². The predicted octanol–water partition coefficient (Wildman–Crippen LogP) is 2.61. The Hall–Kier alpha value is -2.16. The van der Waals surface area contributed by atoms with Gasteiger partial charge in [0.1, 0.15) is 17.8 Å². The number of likely N-dealkylation sites (tertiary alicyclic amines) is 1. The molecule has 2 aromatic rings. The number of piperidine rings is 1. The van der Waals surface area contributed by atoms with Crippen LogP contribution in [0.15, 0.2) is 18.5 Å². The van der Waals surface area contributed by atoms with E-state index >= 15 is 0 Å². The van der Waals surface area contributed by atoms with E-state index in [-0.39, 0.29) is 11.9 Å². The summed E-state index contributed by atoms with van der Waals surface area (Å²) in [6, 6.07) is 3.06. The van der Waals surface area contributed by atoms with E-state index in [9.17, 15) is 13.2 Å². The lowest BCUT2D eigenvalue weighted by atomic mass is 10.1. The van der Waals surface area contributed by atoms with Crippen molar-refractivity contribution in [2.45, 2.75) is 38.5 Å². The first-order chi connectivity index (χ1) is 11.8. The summed E-state index contributed by atoms with van der Waals surface area (Å²) in [4.78, 5) is 9.46. The molecule has 0 saturated carbocycles. The van der Waals surface area contributed by atoms with E-state index in [1.165, 1.54) is 0 Å². The number of rotatable bonds is 4. The number of aryl methyl sites for hydroxylation is 2. The van der Waals surface area contributed by atoms with Gasteiger partial charge in [-0.15, -0.1) is 0 Å². The molecule has 9 heteroatoms. The van der Waals surface area contributed by atoms with Crippen LogP contribution in [0.3, 0.4) is 0 Å². The lowest BCUT2D eigenvalue weighted by Crippen LogP contribution is -2.41. The molecule has 3 rings (SSSR count). The Labute approximate surface area is 144 Å². The zero-order valence-corrected chi connectivity index (χ0v) is 14.2. The van der Waals surface area contributed by atoms with Gasteiger partial charge in [0, 0.05) is 37.9 Å². The Morgan fingerprint density at radius 1 is 1.28 bits per heavy atom. The van der Waals surface area contributed by atoms with Crippen molar-refractivity contribution >= 4 is 5.82 Å². The average Bonchev–Trinajstić information content (AvgIpc) is 2.85. The van der Waals surface area contributed by atoms with Crippen LogP contribution in [-0.2, 0) is 19.8 Å². The molecule has 25 heavy (non-hydrogen) atoms. The molecule has 136 valence electrons. The highest BCUT2D eigenvalue weighted by atomic mass is 19.4. The second-order valence-electron chi connectivity index (χ2n) is 6.41. The lowest BCUT2D eigenvalue weighted by molar-refractivity contribution is -0.141. The van der Waals surface area contributed by atoms with Gasteiger partial charge in [-0.2, -0.15) is 18.3 Å². The summed E-state index contributed by atoms with van der Waals surface area (Å²) < 4.78 is 40.1. The second kappa shape index (κ2) is 6.99. The van der Waals surface area contributed by atoms with E-state index < -0.39 is 11.9 Å². The number of nitrogens with one attached hydrogen (secondary N) is 1. The van der Waals surface area contributed by atoms with Gasteiger partial charge in [0.15, 0.2) is 0 Å². The number of alkyl halides is 3. The monoisotopic (exact) mass is 354 g/mol. The largest absolute Gasteiger partial charge is 0.433 e. The zero-order chi connectivity index (χ0) is 18.0. The average molecular weight is 354 g/mol. The third-order valence-corrected chi connectivity index (χ3v) is 4.37. The molecule has 0 aromatic carbocycles. The molecule has 6 nitrogen and oxygen atoms in total. The van der Waals surface area contributed by atoms with Gasteiger partial charge in [0.05, 0.1) is 5.69 Å². The van der Waals surface area contributed by atoms with Crippen molar-refractivity contribution < 1.29 is 13.2 Å². The van der Waals surface area contributed by atoms with Crippen LogP contribution in [0.25, 0.3) is 0 Å². The lowest BCUT2D eigenvalue weighted by Gasteiger charge is -2.33. The molecule has 1 atom stereocenters. The number of hydrogen-bond acceptors (Lipinski definition) is 5.